The molecule has 0 amide bonds. The molecule has 8 nitrogen and oxygen atoms in total. The van der Waals surface area contributed by atoms with Gasteiger partial charge in [0.05, 0.1) is 21.3 Å². The van der Waals surface area contributed by atoms with E-state index in [9.17, 15) is 4.79 Å². The lowest BCUT2D eigenvalue weighted by Gasteiger charge is -2.14. The number of hydrogen-bond donors (Lipinski definition) is 1. The standard InChI is InChI=1S/C24H26N4O4/c1-27-24(29)28-15-19(17-8-6-5-7-9-17)12-18(23(28)26-27)14-25-13-16-10-20(30-2)22(32-4)21(11-16)31-3/h5-12,15,25H,13-14H2,1-4H3. The monoisotopic (exact) mass is 434 g/mol. The fraction of sp³-hybridized carbons (Fsp3) is 0.250. The molecule has 4 rings (SSSR count). The maximum absolute atomic E-state index is 12.6. The van der Waals surface area contributed by atoms with Crippen molar-refractivity contribution in [3.8, 4) is 28.4 Å². The van der Waals surface area contributed by atoms with E-state index < -0.39 is 0 Å². The van der Waals surface area contributed by atoms with Crippen molar-refractivity contribution in [3.63, 3.8) is 0 Å². The number of nitrogens with one attached hydrogen (secondary N) is 1. The van der Waals surface area contributed by atoms with E-state index in [0.29, 0.717) is 36.0 Å². The number of aryl methyl sites for hydroxylation is 1. The number of pyridine rings is 1. The molecule has 1 N–H and O–H groups in total. The molecule has 32 heavy (non-hydrogen) atoms. The predicted molar refractivity (Wildman–Crippen MR) is 123 cm³/mol. The van der Waals surface area contributed by atoms with Crippen LogP contribution >= 0.6 is 0 Å². The van der Waals surface area contributed by atoms with Crippen LogP contribution in [-0.4, -0.2) is 35.5 Å². The molecule has 0 saturated carbocycles. The van der Waals surface area contributed by atoms with E-state index in [4.69, 9.17) is 14.2 Å². The molecular formula is C24H26N4O4. The summed E-state index contributed by atoms with van der Waals surface area (Å²) < 4.78 is 19.2. The van der Waals surface area contributed by atoms with Crippen LogP contribution in [0, 0.1) is 0 Å². The molecule has 0 aliphatic heterocycles. The Labute approximate surface area is 186 Å². The first-order chi connectivity index (χ1) is 15.5. The van der Waals surface area contributed by atoms with Crippen LogP contribution in [0.2, 0.25) is 0 Å². The number of rotatable bonds is 8. The van der Waals surface area contributed by atoms with Gasteiger partial charge in [0.15, 0.2) is 17.1 Å². The molecule has 0 fully saturated rings. The minimum absolute atomic E-state index is 0.177. The molecule has 0 spiro atoms. The number of ether oxygens (including phenoxy) is 3. The van der Waals surface area contributed by atoms with Crippen LogP contribution < -0.4 is 25.2 Å². The average Bonchev–Trinajstić information content (AvgIpc) is 3.12. The lowest BCUT2D eigenvalue weighted by atomic mass is 10.1. The van der Waals surface area contributed by atoms with Gasteiger partial charge in [-0.05, 0) is 34.9 Å². The minimum Gasteiger partial charge on any atom is -0.493 e. The van der Waals surface area contributed by atoms with Crippen molar-refractivity contribution >= 4 is 5.65 Å². The van der Waals surface area contributed by atoms with Crippen LogP contribution in [0.1, 0.15) is 11.1 Å². The van der Waals surface area contributed by atoms with E-state index in [-0.39, 0.29) is 5.69 Å². The zero-order valence-corrected chi connectivity index (χ0v) is 18.6. The average molecular weight is 434 g/mol. The van der Waals surface area contributed by atoms with Gasteiger partial charge in [-0.15, -0.1) is 5.10 Å². The first-order valence-corrected chi connectivity index (χ1v) is 10.2. The summed E-state index contributed by atoms with van der Waals surface area (Å²) in [6.07, 6.45) is 1.84. The fourth-order valence-corrected chi connectivity index (χ4v) is 3.74. The number of methoxy groups -OCH3 is 3. The Bertz CT molecular complexity index is 1270. The molecule has 2 heterocycles. The zero-order valence-electron chi connectivity index (χ0n) is 18.6. The van der Waals surface area contributed by atoms with E-state index in [0.717, 1.165) is 22.3 Å². The van der Waals surface area contributed by atoms with Crippen LogP contribution in [0.5, 0.6) is 17.2 Å². The highest BCUT2D eigenvalue weighted by molar-refractivity contribution is 5.66. The fourth-order valence-electron chi connectivity index (χ4n) is 3.74. The van der Waals surface area contributed by atoms with Gasteiger partial charge in [-0.1, -0.05) is 30.3 Å². The van der Waals surface area contributed by atoms with E-state index in [1.54, 1.807) is 32.8 Å². The van der Waals surface area contributed by atoms with Gasteiger partial charge in [-0.3, -0.25) is 0 Å². The number of nitrogens with zero attached hydrogens (tertiary/aromatic N) is 3. The number of aromatic nitrogens is 3. The van der Waals surface area contributed by atoms with Gasteiger partial charge in [0, 0.05) is 31.9 Å². The first kappa shape index (κ1) is 21.5. The minimum atomic E-state index is -0.177. The van der Waals surface area contributed by atoms with Crippen LogP contribution in [0.25, 0.3) is 16.8 Å². The number of benzene rings is 2. The zero-order chi connectivity index (χ0) is 22.7. The summed E-state index contributed by atoms with van der Waals surface area (Å²) in [6, 6.07) is 15.9. The van der Waals surface area contributed by atoms with Crippen LogP contribution in [0.3, 0.4) is 0 Å². The second-order valence-corrected chi connectivity index (χ2v) is 7.36. The molecule has 0 aliphatic rings. The molecular weight excluding hydrogens is 408 g/mol. The summed E-state index contributed by atoms with van der Waals surface area (Å²) in [4.78, 5) is 12.6. The van der Waals surface area contributed by atoms with Gasteiger partial charge in [0.2, 0.25) is 5.75 Å². The van der Waals surface area contributed by atoms with Gasteiger partial charge in [0.1, 0.15) is 0 Å². The third kappa shape index (κ3) is 4.04. The molecule has 0 bridgehead atoms. The van der Waals surface area contributed by atoms with Gasteiger partial charge >= 0.3 is 5.69 Å². The molecule has 0 atom stereocenters. The first-order valence-electron chi connectivity index (χ1n) is 10.2. The third-order valence-corrected chi connectivity index (χ3v) is 5.32. The van der Waals surface area contributed by atoms with Crippen molar-refractivity contribution in [1.29, 1.82) is 0 Å². The summed E-state index contributed by atoms with van der Waals surface area (Å²) >= 11 is 0. The second kappa shape index (κ2) is 9.15. The number of fused-ring (bicyclic) bond motifs is 1. The quantitative estimate of drug-likeness (QED) is 0.459. The van der Waals surface area contributed by atoms with Crippen molar-refractivity contribution in [1.82, 2.24) is 19.5 Å². The highest BCUT2D eigenvalue weighted by Crippen LogP contribution is 2.38. The van der Waals surface area contributed by atoms with Gasteiger partial charge < -0.3 is 19.5 Å². The SMILES string of the molecule is COc1cc(CNCc2cc(-c3ccccc3)cn3c(=O)n(C)nc23)cc(OC)c1OC. The van der Waals surface area contributed by atoms with Crippen molar-refractivity contribution < 1.29 is 14.2 Å². The van der Waals surface area contributed by atoms with E-state index >= 15 is 0 Å². The number of hydrogen-bond acceptors (Lipinski definition) is 6. The van der Waals surface area contributed by atoms with Crippen LogP contribution in [-0.2, 0) is 20.1 Å². The maximum Gasteiger partial charge on any atom is 0.350 e. The Morgan fingerprint density at radius 2 is 1.59 bits per heavy atom. The Hall–Kier alpha value is -3.78. The summed E-state index contributed by atoms with van der Waals surface area (Å²) in [7, 11) is 6.43. The molecule has 166 valence electrons. The topological polar surface area (TPSA) is 79.0 Å². The van der Waals surface area contributed by atoms with Crippen LogP contribution in [0.4, 0.5) is 0 Å². The van der Waals surface area contributed by atoms with Gasteiger partial charge in [-0.2, -0.15) is 0 Å². The Morgan fingerprint density at radius 1 is 0.906 bits per heavy atom. The summed E-state index contributed by atoms with van der Waals surface area (Å²) in [5.74, 6) is 1.77. The molecule has 4 aromatic rings. The van der Waals surface area contributed by atoms with E-state index in [1.807, 2.05) is 48.7 Å². The maximum atomic E-state index is 12.6. The second-order valence-electron chi connectivity index (χ2n) is 7.36. The Morgan fingerprint density at radius 3 is 2.22 bits per heavy atom. The van der Waals surface area contributed by atoms with E-state index in [1.165, 1.54) is 4.68 Å². The summed E-state index contributed by atoms with van der Waals surface area (Å²) in [6.45, 7) is 1.09. The van der Waals surface area contributed by atoms with E-state index in [2.05, 4.69) is 16.5 Å². The van der Waals surface area contributed by atoms with Crippen molar-refractivity contribution in [2.75, 3.05) is 21.3 Å². The Balaban J connectivity index is 1.64. The smallest absolute Gasteiger partial charge is 0.350 e. The predicted octanol–water partition coefficient (Wildman–Crippen LogP) is 3.02. The molecule has 0 unspecified atom stereocenters. The molecule has 2 aromatic carbocycles. The molecule has 0 radical (unpaired) electrons. The van der Waals surface area contributed by atoms with Crippen molar-refractivity contribution in [2.24, 2.45) is 7.05 Å². The van der Waals surface area contributed by atoms with Gasteiger partial charge in [0.25, 0.3) is 0 Å². The highest BCUT2D eigenvalue weighted by Gasteiger charge is 2.14. The normalized spacial score (nSPS) is 11.0. The molecule has 0 saturated heterocycles. The molecule has 8 heteroatoms. The van der Waals surface area contributed by atoms with Crippen molar-refractivity contribution in [3.05, 3.63) is 76.3 Å². The lowest BCUT2D eigenvalue weighted by Crippen LogP contribution is -2.18. The highest BCUT2D eigenvalue weighted by atomic mass is 16.5. The largest absolute Gasteiger partial charge is 0.493 e. The Kier molecular flexibility index (Phi) is 6.13. The summed E-state index contributed by atoms with van der Waals surface area (Å²) in [5, 5.41) is 7.86. The molecule has 2 aromatic heterocycles. The lowest BCUT2D eigenvalue weighted by molar-refractivity contribution is 0.323. The van der Waals surface area contributed by atoms with Gasteiger partial charge in [-0.25, -0.2) is 13.9 Å². The van der Waals surface area contributed by atoms with Crippen LogP contribution in [0.15, 0.2) is 59.5 Å². The summed E-state index contributed by atoms with van der Waals surface area (Å²) in [5.41, 5.74) is 4.36. The van der Waals surface area contributed by atoms with Crippen molar-refractivity contribution in [2.45, 2.75) is 13.1 Å². The third-order valence-electron chi connectivity index (χ3n) is 5.32. The molecule has 0 aliphatic carbocycles.